The van der Waals surface area contributed by atoms with Crippen LogP contribution in [0.3, 0.4) is 0 Å². The minimum Gasteiger partial charge on any atom is -0.452 e. The number of nitro benzene ring substituents is 1. The molecule has 1 heterocycles. The fourth-order valence-electron chi connectivity index (χ4n) is 2.28. The van der Waals surface area contributed by atoms with Crippen LogP contribution in [0.15, 0.2) is 35.7 Å². The lowest BCUT2D eigenvalue weighted by atomic mass is 10.1. The van der Waals surface area contributed by atoms with E-state index in [9.17, 15) is 19.7 Å². The number of hydrogen-bond donors (Lipinski definition) is 1. The Kier molecular flexibility index (Phi) is 6.29. The Balaban J connectivity index is 1.98. The van der Waals surface area contributed by atoms with E-state index in [-0.39, 0.29) is 17.3 Å². The molecule has 8 nitrogen and oxygen atoms in total. The van der Waals surface area contributed by atoms with Crippen molar-refractivity contribution in [3.63, 3.8) is 0 Å². The van der Waals surface area contributed by atoms with Crippen LogP contribution in [0.2, 0.25) is 0 Å². The highest BCUT2D eigenvalue weighted by molar-refractivity contribution is 7.10. The molecule has 1 atom stereocenters. The summed E-state index contributed by atoms with van der Waals surface area (Å²) in [6, 6.07) is 7.62. The van der Waals surface area contributed by atoms with E-state index in [1.807, 2.05) is 24.4 Å². The summed E-state index contributed by atoms with van der Waals surface area (Å²) >= 11 is 1.51. The summed E-state index contributed by atoms with van der Waals surface area (Å²) in [5.74, 6) is -1.24. The third kappa shape index (κ3) is 4.79. The topological polar surface area (TPSA) is 102 Å². The van der Waals surface area contributed by atoms with Crippen molar-refractivity contribution in [1.82, 2.24) is 5.32 Å². The molecule has 0 radical (unpaired) electrons. The summed E-state index contributed by atoms with van der Waals surface area (Å²) in [6.07, 6.45) is 0. The average molecular weight is 377 g/mol. The Morgan fingerprint density at radius 3 is 2.65 bits per heavy atom. The van der Waals surface area contributed by atoms with Gasteiger partial charge in [-0.2, -0.15) is 0 Å². The summed E-state index contributed by atoms with van der Waals surface area (Å²) in [5, 5.41) is 15.8. The fraction of sp³-hybridized carbons (Fsp3) is 0.294. The molecule has 1 aromatic carbocycles. The predicted molar refractivity (Wildman–Crippen MR) is 98.6 cm³/mol. The van der Waals surface area contributed by atoms with Crippen LogP contribution in [0.4, 0.5) is 11.4 Å². The van der Waals surface area contributed by atoms with Crippen molar-refractivity contribution in [3.05, 3.63) is 56.3 Å². The second-order valence-electron chi connectivity index (χ2n) is 5.74. The van der Waals surface area contributed by atoms with Crippen molar-refractivity contribution in [3.8, 4) is 0 Å². The van der Waals surface area contributed by atoms with Gasteiger partial charge in [0.15, 0.2) is 6.61 Å². The molecule has 0 saturated heterocycles. The molecule has 0 spiro atoms. The minimum absolute atomic E-state index is 0.0152. The monoisotopic (exact) mass is 377 g/mol. The number of nitro groups is 1. The van der Waals surface area contributed by atoms with Crippen LogP contribution in [-0.2, 0) is 9.53 Å². The first-order valence-corrected chi connectivity index (χ1v) is 8.63. The molecule has 0 aliphatic rings. The van der Waals surface area contributed by atoms with Gasteiger partial charge in [-0.15, -0.1) is 11.3 Å². The van der Waals surface area contributed by atoms with Crippen LogP contribution in [0.1, 0.15) is 28.2 Å². The molecule has 1 N–H and O–H groups in total. The van der Waals surface area contributed by atoms with Crippen molar-refractivity contribution >= 4 is 34.6 Å². The molecule has 0 bridgehead atoms. The number of nitrogens with one attached hydrogen (secondary N) is 1. The van der Waals surface area contributed by atoms with Gasteiger partial charge >= 0.3 is 5.97 Å². The summed E-state index contributed by atoms with van der Waals surface area (Å²) in [7, 11) is 3.33. The highest BCUT2D eigenvalue weighted by atomic mass is 32.1. The summed E-state index contributed by atoms with van der Waals surface area (Å²) in [6.45, 7) is 1.37. The van der Waals surface area contributed by atoms with Gasteiger partial charge in [0.25, 0.3) is 11.6 Å². The lowest BCUT2D eigenvalue weighted by molar-refractivity contribution is -0.384. The first kappa shape index (κ1) is 19.4. The number of benzene rings is 1. The number of ether oxygens (including phenoxy) is 1. The van der Waals surface area contributed by atoms with E-state index in [0.717, 1.165) is 10.9 Å². The molecule has 9 heteroatoms. The molecule has 26 heavy (non-hydrogen) atoms. The normalized spacial score (nSPS) is 11.5. The lowest BCUT2D eigenvalue weighted by Gasteiger charge is -2.14. The number of carbonyl (C=O) groups is 2. The second-order valence-corrected chi connectivity index (χ2v) is 6.72. The number of anilines is 1. The van der Waals surface area contributed by atoms with Gasteiger partial charge in [-0.05, 0) is 30.5 Å². The number of amides is 1. The maximum absolute atomic E-state index is 12.1. The SMILES string of the molecule is C[C@@H](NC(=O)COC(=O)c1ccc(N(C)C)c([N+](=O)[O-])c1)c1cccs1. The van der Waals surface area contributed by atoms with Gasteiger partial charge in [0.1, 0.15) is 5.69 Å². The number of hydrogen-bond acceptors (Lipinski definition) is 7. The summed E-state index contributed by atoms with van der Waals surface area (Å²) in [5.41, 5.74) is 0.177. The van der Waals surface area contributed by atoms with E-state index in [1.165, 1.54) is 23.5 Å². The molecular weight excluding hydrogens is 358 g/mol. The maximum Gasteiger partial charge on any atom is 0.338 e. The standard InChI is InChI=1S/C17H19N3O5S/c1-11(15-5-4-8-26-15)18-16(21)10-25-17(22)12-6-7-13(19(2)3)14(9-12)20(23)24/h4-9,11H,10H2,1-3H3,(H,18,21)/t11-/m1/s1. The Bertz CT molecular complexity index is 805. The van der Waals surface area contributed by atoms with Gasteiger partial charge in [0, 0.05) is 25.0 Å². The lowest BCUT2D eigenvalue weighted by Crippen LogP contribution is -2.30. The Morgan fingerprint density at radius 1 is 1.35 bits per heavy atom. The number of nitrogens with zero attached hydrogens (tertiary/aromatic N) is 2. The van der Waals surface area contributed by atoms with Gasteiger partial charge < -0.3 is 15.0 Å². The predicted octanol–water partition coefficient (Wildman–Crippen LogP) is 2.76. The van der Waals surface area contributed by atoms with Crippen molar-refractivity contribution in [2.24, 2.45) is 0 Å². The fourth-order valence-corrected chi connectivity index (χ4v) is 3.02. The van der Waals surface area contributed by atoms with Gasteiger partial charge in [0.05, 0.1) is 16.5 Å². The average Bonchev–Trinajstić information content (AvgIpc) is 3.13. The van der Waals surface area contributed by atoms with Crippen molar-refractivity contribution in [2.45, 2.75) is 13.0 Å². The van der Waals surface area contributed by atoms with Crippen molar-refractivity contribution < 1.29 is 19.2 Å². The molecule has 0 unspecified atom stereocenters. The van der Waals surface area contributed by atoms with Gasteiger partial charge in [-0.1, -0.05) is 6.07 Å². The van der Waals surface area contributed by atoms with Gasteiger partial charge in [-0.25, -0.2) is 4.79 Å². The zero-order chi connectivity index (χ0) is 19.3. The Hall–Kier alpha value is -2.94. The highest BCUT2D eigenvalue weighted by Gasteiger charge is 2.20. The maximum atomic E-state index is 12.1. The van der Waals surface area contributed by atoms with Gasteiger partial charge in [0.2, 0.25) is 0 Å². The first-order valence-electron chi connectivity index (χ1n) is 7.75. The van der Waals surface area contributed by atoms with Gasteiger partial charge in [-0.3, -0.25) is 14.9 Å². The zero-order valence-electron chi connectivity index (χ0n) is 14.6. The number of rotatable bonds is 7. The Labute approximate surface area is 154 Å². The molecule has 0 aliphatic carbocycles. The van der Waals surface area contributed by atoms with Crippen molar-refractivity contribution in [2.75, 3.05) is 25.6 Å². The van der Waals surface area contributed by atoms with E-state index < -0.39 is 23.4 Å². The number of carbonyl (C=O) groups excluding carboxylic acids is 2. The largest absolute Gasteiger partial charge is 0.452 e. The molecule has 138 valence electrons. The summed E-state index contributed by atoms with van der Waals surface area (Å²) < 4.78 is 4.96. The van der Waals surface area contributed by atoms with E-state index in [0.29, 0.717) is 5.69 Å². The van der Waals surface area contributed by atoms with Crippen LogP contribution in [0.25, 0.3) is 0 Å². The zero-order valence-corrected chi connectivity index (χ0v) is 15.4. The summed E-state index contributed by atoms with van der Waals surface area (Å²) in [4.78, 5) is 37.1. The van der Waals surface area contributed by atoms with E-state index in [4.69, 9.17) is 4.74 Å². The molecule has 0 saturated carbocycles. The van der Waals surface area contributed by atoms with Crippen LogP contribution < -0.4 is 10.2 Å². The molecule has 1 aromatic heterocycles. The minimum atomic E-state index is -0.794. The molecule has 2 aromatic rings. The molecular formula is C17H19N3O5S. The quantitative estimate of drug-likeness (QED) is 0.452. The third-order valence-electron chi connectivity index (χ3n) is 3.57. The van der Waals surface area contributed by atoms with E-state index >= 15 is 0 Å². The van der Waals surface area contributed by atoms with Crippen LogP contribution in [-0.4, -0.2) is 37.5 Å². The van der Waals surface area contributed by atoms with Crippen LogP contribution >= 0.6 is 11.3 Å². The highest BCUT2D eigenvalue weighted by Crippen LogP contribution is 2.28. The van der Waals surface area contributed by atoms with Crippen LogP contribution in [0.5, 0.6) is 0 Å². The van der Waals surface area contributed by atoms with E-state index in [2.05, 4.69) is 5.32 Å². The molecule has 0 fully saturated rings. The smallest absolute Gasteiger partial charge is 0.338 e. The third-order valence-corrected chi connectivity index (χ3v) is 4.63. The first-order chi connectivity index (χ1) is 12.3. The number of thiophene rings is 1. The molecule has 2 rings (SSSR count). The second kappa shape index (κ2) is 8.43. The van der Waals surface area contributed by atoms with Crippen LogP contribution in [0, 0.1) is 10.1 Å². The van der Waals surface area contributed by atoms with Crippen molar-refractivity contribution in [1.29, 1.82) is 0 Å². The molecule has 1 amide bonds. The number of esters is 1. The molecule has 0 aliphatic heterocycles. The Morgan fingerprint density at radius 2 is 2.08 bits per heavy atom. The van der Waals surface area contributed by atoms with E-state index in [1.54, 1.807) is 19.0 Å².